The molecule has 1 aromatic heterocycles. The Morgan fingerprint density at radius 1 is 1.26 bits per heavy atom. The summed E-state index contributed by atoms with van der Waals surface area (Å²) in [6.07, 6.45) is 1.38. The van der Waals surface area contributed by atoms with Crippen LogP contribution in [0.4, 0.5) is 0 Å². The first-order chi connectivity index (χ1) is 13.0. The van der Waals surface area contributed by atoms with Crippen molar-refractivity contribution >= 4 is 11.9 Å². The van der Waals surface area contributed by atoms with Crippen LogP contribution in [0.1, 0.15) is 34.6 Å². The highest BCUT2D eigenvalue weighted by molar-refractivity contribution is 5.93. The first-order valence-corrected chi connectivity index (χ1v) is 9.05. The van der Waals surface area contributed by atoms with Gasteiger partial charge in [0.2, 0.25) is 0 Å². The molecule has 0 spiro atoms. The smallest absolute Gasteiger partial charge is 0.308 e. The Morgan fingerprint density at radius 2 is 1.93 bits per heavy atom. The van der Waals surface area contributed by atoms with Gasteiger partial charge in [-0.25, -0.2) is 4.68 Å². The lowest BCUT2D eigenvalue weighted by Gasteiger charge is -2.27. The number of carbonyl (C=O) groups excluding carboxylic acids is 1. The molecule has 2 heterocycles. The predicted octanol–water partition coefficient (Wildman–Crippen LogP) is 1.74. The Morgan fingerprint density at radius 3 is 2.56 bits per heavy atom. The highest BCUT2D eigenvalue weighted by Crippen LogP contribution is 2.24. The molecule has 2 aromatic rings. The lowest BCUT2D eigenvalue weighted by atomic mass is 9.86. The molecule has 3 rings (SSSR count). The molecule has 1 aliphatic rings. The summed E-state index contributed by atoms with van der Waals surface area (Å²) in [7, 11) is 0. The quantitative estimate of drug-likeness (QED) is 0.800. The van der Waals surface area contributed by atoms with Crippen LogP contribution < -0.4 is 5.32 Å². The number of aromatic nitrogens is 3. The summed E-state index contributed by atoms with van der Waals surface area (Å²) in [5.41, 5.74) is 2.75. The van der Waals surface area contributed by atoms with E-state index in [0.717, 1.165) is 11.3 Å². The van der Waals surface area contributed by atoms with Crippen LogP contribution in [0.2, 0.25) is 0 Å². The number of nitrogens with one attached hydrogen (secondary N) is 1. The average molecular weight is 372 g/mol. The van der Waals surface area contributed by atoms with Crippen LogP contribution in [0.25, 0.3) is 5.69 Å². The Kier molecular flexibility index (Phi) is 5.85. The molecule has 2 N–H and O–H groups in total. The third-order valence-corrected chi connectivity index (χ3v) is 5.02. The highest BCUT2D eigenvalue weighted by atomic mass is 16.5. The van der Waals surface area contributed by atoms with E-state index in [0.29, 0.717) is 31.7 Å². The zero-order chi connectivity index (χ0) is 19.4. The number of aryl methyl sites for hydroxylation is 1. The first kappa shape index (κ1) is 19.0. The Bertz CT molecular complexity index is 810. The van der Waals surface area contributed by atoms with Gasteiger partial charge in [0.25, 0.3) is 5.91 Å². The maximum absolute atomic E-state index is 12.5. The van der Waals surface area contributed by atoms with Crippen molar-refractivity contribution in [1.82, 2.24) is 20.3 Å². The van der Waals surface area contributed by atoms with Crippen LogP contribution in [-0.2, 0) is 9.53 Å². The van der Waals surface area contributed by atoms with Gasteiger partial charge in [-0.1, -0.05) is 22.9 Å². The second-order valence-corrected chi connectivity index (χ2v) is 6.88. The number of carboxylic acid groups (broad SMARTS) is 1. The lowest BCUT2D eigenvalue weighted by molar-refractivity contribution is -0.144. The van der Waals surface area contributed by atoms with Crippen molar-refractivity contribution in [3.63, 3.8) is 0 Å². The maximum Gasteiger partial charge on any atom is 0.308 e. The van der Waals surface area contributed by atoms with E-state index >= 15 is 0 Å². The molecule has 8 heteroatoms. The summed E-state index contributed by atoms with van der Waals surface area (Å²) >= 11 is 0. The van der Waals surface area contributed by atoms with E-state index in [1.54, 1.807) is 11.6 Å². The maximum atomic E-state index is 12.5. The molecule has 0 radical (unpaired) electrons. The summed E-state index contributed by atoms with van der Waals surface area (Å²) < 4.78 is 6.89. The van der Waals surface area contributed by atoms with Crippen LogP contribution in [0.3, 0.4) is 0 Å². The number of amides is 1. The number of aliphatic carboxylic acids is 1. The van der Waals surface area contributed by atoms with E-state index in [1.165, 1.54) is 0 Å². The van der Waals surface area contributed by atoms with Crippen molar-refractivity contribution in [3.8, 4) is 5.69 Å². The molecule has 27 heavy (non-hydrogen) atoms. The second-order valence-electron chi connectivity index (χ2n) is 6.88. The van der Waals surface area contributed by atoms with Crippen LogP contribution in [0.5, 0.6) is 0 Å². The van der Waals surface area contributed by atoms with Crippen LogP contribution >= 0.6 is 0 Å². The molecule has 0 saturated carbocycles. The molecule has 1 unspecified atom stereocenters. The van der Waals surface area contributed by atoms with Gasteiger partial charge in [-0.3, -0.25) is 9.59 Å². The van der Waals surface area contributed by atoms with Crippen molar-refractivity contribution in [2.24, 2.45) is 11.8 Å². The fourth-order valence-electron chi connectivity index (χ4n) is 3.33. The number of hydrogen-bond donors (Lipinski definition) is 2. The van der Waals surface area contributed by atoms with Gasteiger partial charge in [0.1, 0.15) is 0 Å². The summed E-state index contributed by atoms with van der Waals surface area (Å²) in [5.74, 6) is -1.95. The number of rotatable bonds is 6. The number of carboxylic acids is 1. The molecule has 1 aliphatic heterocycles. The van der Waals surface area contributed by atoms with Crippen LogP contribution in [0.15, 0.2) is 24.3 Å². The van der Waals surface area contributed by atoms with Crippen molar-refractivity contribution in [2.75, 3.05) is 19.8 Å². The van der Waals surface area contributed by atoms with Gasteiger partial charge in [0.15, 0.2) is 5.69 Å². The van der Waals surface area contributed by atoms with E-state index in [1.807, 2.05) is 31.2 Å². The Hall–Kier alpha value is -2.74. The van der Waals surface area contributed by atoms with Gasteiger partial charge in [0.05, 0.1) is 17.3 Å². The number of nitrogens with zero attached hydrogens (tertiary/aromatic N) is 3. The van der Waals surface area contributed by atoms with Crippen molar-refractivity contribution in [3.05, 3.63) is 41.2 Å². The highest BCUT2D eigenvalue weighted by Gasteiger charge is 2.30. The fraction of sp³-hybridized carbons (Fsp3) is 0.474. The average Bonchev–Trinajstić information content (AvgIpc) is 3.04. The number of hydrogen-bond acceptors (Lipinski definition) is 5. The van der Waals surface area contributed by atoms with E-state index in [2.05, 4.69) is 15.6 Å². The fourth-order valence-corrected chi connectivity index (χ4v) is 3.33. The van der Waals surface area contributed by atoms with Gasteiger partial charge >= 0.3 is 5.97 Å². The molecule has 0 aliphatic carbocycles. The molecule has 1 fully saturated rings. The van der Waals surface area contributed by atoms with Crippen molar-refractivity contribution in [2.45, 2.75) is 26.7 Å². The largest absolute Gasteiger partial charge is 0.481 e. The van der Waals surface area contributed by atoms with Gasteiger partial charge in [-0.05, 0) is 44.7 Å². The third kappa shape index (κ3) is 4.33. The summed E-state index contributed by atoms with van der Waals surface area (Å²) in [6, 6.07) is 7.73. The first-order valence-electron chi connectivity index (χ1n) is 9.05. The normalized spacial score (nSPS) is 16.1. The van der Waals surface area contributed by atoms with Gasteiger partial charge in [0, 0.05) is 19.8 Å². The monoisotopic (exact) mass is 372 g/mol. The zero-order valence-electron chi connectivity index (χ0n) is 15.5. The third-order valence-electron chi connectivity index (χ3n) is 5.02. The number of benzene rings is 1. The lowest BCUT2D eigenvalue weighted by Crippen LogP contribution is -2.39. The Labute approximate surface area is 157 Å². The minimum atomic E-state index is -0.901. The summed E-state index contributed by atoms with van der Waals surface area (Å²) in [4.78, 5) is 24.1. The van der Waals surface area contributed by atoms with Crippen LogP contribution in [-0.4, -0.2) is 51.7 Å². The van der Waals surface area contributed by atoms with Gasteiger partial charge in [-0.2, -0.15) is 0 Å². The number of carbonyl (C=O) groups is 2. The molecular formula is C19H24N4O4. The standard InChI is InChI=1S/C19H24N4O4/c1-12-3-5-15(6-4-12)23-13(2)17(21-22-23)18(24)20-11-16(19(25)26)14-7-9-27-10-8-14/h3-6,14,16H,7-11H2,1-2H3,(H,20,24)(H,25,26). The molecule has 0 bridgehead atoms. The molecule has 144 valence electrons. The van der Waals surface area contributed by atoms with Gasteiger partial charge in [-0.15, -0.1) is 5.10 Å². The predicted molar refractivity (Wildman–Crippen MR) is 97.8 cm³/mol. The van der Waals surface area contributed by atoms with E-state index in [-0.39, 0.29) is 18.2 Å². The second kappa shape index (κ2) is 8.30. The Balaban J connectivity index is 1.68. The molecule has 1 atom stereocenters. The number of ether oxygens (including phenoxy) is 1. The summed E-state index contributed by atoms with van der Waals surface area (Å²) in [5, 5.41) is 20.3. The summed E-state index contributed by atoms with van der Waals surface area (Å²) in [6.45, 7) is 4.95. The zero-order valence-corrected chi connectivity index (χ0v) is 15.5. The van der Waals surface area contributed by atoms with Crippen molar-refractivity contribution in [1.29, 1.82) is 0 Å². The van der Waals surface area contributed by atoms with E-state index in [4.69, 9.17) is 4.74 Å². The minimum Gasteiger partial charge on any atom is -0.481 e. The molecule has 1 amide bonds. The molecule has 8 nitrogen and oxygen atoms in total. The van der Waals surface area contributed by atoms with E-state index < -0.39 is 17.8 Å². The van der Waals surface area contributed by atoms with E-state index in [9.17, 15) is 14.7 Å². The minimum absolute atomic E-state index is 0.000822. The molecule has 1 aromatic carbocycles. The van der Waals surface area contributed by atoms with Crippen molar-refractivity contribution < 1.29 is 19.4 Å². The SMILES string of the molecule is Cc1ccc(-n2nnc(C(=O)NCC(C(=O)O)C3CCOCC3)c2C)cc1. The molecule has 1 saturated heterocycles. The van der Waals surface area contributed by atoms with Gasteiger partial charge < -0.3 is 15.2 Å². The van der Waals surface area contributed by atoms with Crippen LogP contribution in [0, 0.1) is 25.7 Å². The molecular weight excluding hydrogens is 348 g/mol. The topological polar surface area (TPSA) is 106 Å².